The molecule has 0 unspecified atom stereocenters. The number of aromatic nitrogens is 4. The van der Waals surface area contributed by atoms with Gasteiger partial charge in [-0.1, -0.05) is 24.3 Å². The molecule has 8 N–H and O–H groups in total. The van der Waals surface area contributed by atoms with Crippen molar-refractivity contribution < 1.29 is 40.9 Å². The van der Waals surface area contributed by atoms with Crippen molar-refractivity contribution in [1.29, 1.82) is 0 Å². The van der Waals surface area contributed by atoms with E-state index in [1.807, 2.05) is 0 Å². The van der Waals surface area contributed by atoms with Gasteiger partial charge in [0.2, 0.25) is 0 Å². The second-order valence-corrected chi connectivity index (χ2v) is 13.4. The Morgan fingerprint density at radius 2 is 0.464 bits per heavy atom. The van der Waals surface area contributed by atoms with Gasteiger partial charge in [0, 0.05) is 22.3 Å². The van der Waals surface area contributed by atoms with E-state index in [2.05, 4.69) is 0 Å². The van der Waals surface area contributed by atoms with E-state index in [1.54, 1.807) is 57.6 Å². The molecule has 56 heavy (non-hydrogen) atoms. The van der Waals surface area contributed by atoms with Crippen LogP contribution >= 0.6 is 0 Å². The molecule has 12 nitrogen and oxygen atoms in total. The summed E-state index contributed by atoms with van der Waals surface area (Å²) in [6.45, 7) is 0. The molecule has 10 rings (SSSR count). The van der Waals surface area contributed by atoms with Crippen LogP contribution in [0.5, 0.6) is 46.0 Å². The van der Waals surface area contributed by atoms with E-state index in [0.717, 1.165) is 0 Å². The van der Waals surface area contributed by atoms with Crippen LogP contribution in [0.3, 0.4) is 0 Å². The minimum absolute atomic E-state index is 0.0460. The lowest BCUT2D eigenvalue weighted by molar-refractivity contribution is 0.453. The molecule has 4 aromatic carbocycles. The third kappa shape index (κ3) is 4.46. The molecule has 4 bridgehead atoms. The Kier molecular flexibility index (Phi) is 6.79. The molecule has 0 spiro atoms. The topological polar surface area (TPSA) is 196 Å². The number of nitrogens with zero attached hydrogens (tertiary/aromatic N) is 4. The van der Waals surface area contributed by atoms with Gasteiger partial charge in [-0.25, -0.2) is 19.0 Å². The van der Waals surface area contributed by atoms with E-state index in [4.69, 9.17) is 9.97 Å². The Balaban J connectivity index is 1.61. The Bertz CT molecular complexity index is 2700. The first-order valence-corrected chi connectivity index (χ1v) is 17.4. The third-order valence-electron chi connectivity index (χ3n) is 10.3. The summed E-state index contributed by atoms with van der Waals surface area (Å²) in [4.78, 5) is 10.0. The fraction of sp³-hybridized carbons (Fsp3) is 0. The van der Waals surface area contributed by atoms with Crippen molar-refractivity contribution in [3.8, 4) is 90.5 Å². The van der Waals surface area contributed by atoms with Crippen molar-refractivity contribution in [1.82, 2.24) is 19.0 Å². The minimum atomic E-state index is -0.256. The highest BCUT2D eigenvalue weighted by Crippen LogP contribution is 2.50. The van der Waals surface area contributed by atoms with Crippen LogP contribution in [0.25, 0.3) is 90.9 Å². The van der Waals surface area contributed by atoms with Crippen molar-refractivity contribution in [2.75, 3.05) is 0 Å². The molecule has 0 radical (unpaired) electrons. The molecule has 0 aliphatic carbocycles. The number of aromatic hydroxyl groups is 8. The van der Waals surface area contributed by atoms with Crippen molar-refractivity contribution >= 4 is 46.4 Å². The lowest BCUT2D eigenvalue weighted by Crippen LogP contribution is -2.02. The van der Waals surface area contributed by atoms with Crippen LogP contribution in [-0.2, 0) is 0 Å². The van der Waals surface area contributed by atoms with Crippen LogP contribution in [0.4, 0.5) is 0 Å². The van der Waals surface area contributed by atoms with E-state index >= 15 is 0 Å². The monoisotopic (exact) mass is 740 g/mol. The zero-order valence-electron chi connectivity index (χ0n) is 28.9. The maximum Gasteiger partial charge on any atom is 0.127 e. The predicted molar refractivity (Wildman–Crippen MR) is 212 cm³/mol. The van der Waals surface area contributed by atoms with Gasteiger partial charge in [0.15, 0.2) is 0 Å². The fourth-order valence-electron chi connectivity index (χ4n) is 8.01. The number of hydrogen-bond acceptors (Lipinski definition) is 10. The lowest BCUT2D eigenvalue weighted by Gasteiger charge is -2.15. The summed E-state index contributed by atoms with van der Waals surface area (Å²) in [5, 5.41) is 91.5. The molecule has 2 aliphatic heterocycles. The molecule has 4 aromatic heterocycles. The zero-order chi connectivity index (χ0) is 38.6. The Morgan fingerprint density at radius 3 is 0.661 bits per heavy atom. The number of benzene rings is 4. The first-order chi connectivity index (χ1) is 27.1. The van der Waals surface area contributed by atoms with Crippen molar-refractivity contribution in [2.45, 2.75) is 0 Å². The van der Waals surface area contributed by atoms with Gasteiger partial charge in [0.1, 0.15) is 46.0 Å². The molecule has 0 fully saturated rings. The van der Waals surface area contributed by atoms with Crippen LogP contribution in [0.15, 0.2) is 97.1 Å². The molecule has 12 heteroatoms. The van der Waals surface area contributed by atoms with Gasteiger partial charge >= 0.3 is 0 Å². The van der Waals surface area contributed by atoms with E-state index in [1.165, 1.54) is 72.8 Å². The Morgan fingerprint density at radius 1 is 0.268 bits per heavy atom. The average molecular weight is 741 g/mol. The summed E-state index contributed by atoms with van der Waals surface area (Å²) in [6.07, 6.45) is 6.79. The van der Waals surface area contributed by atoms with Crippen molar-refractivity contribution in [3.05, 3.63) is 120 Å². The van der Waals surface area contributed by atoms with Gasteiger partial charge in [0.25, 0.3) is 0 Å². The van der Waals surface area contributed by atoms with Crippen molar-refractivity contribution in [2.24, 2.45) is 0 Å². The summed E-state index contributed by atoms with van der Waals surface area (Å²) >= 11 is 0. The van der Waals surface area contributed by atoms with E-state index in [0.29, 0.717) is 44.8 Å². The summed E-state index contributed by atoms with van der Waals surface area (Å²) in [5.74, 6) is -2.05. The highest BCUT2D eigenvalue weighted by Gasteiger charge is 2.29. The molecular formula is C44H28N4O8. The fourth-order valence-corrected chi connectivity index (χ4v) is 8.01. The maximum atomic E-state index is 11.4. The lowest BCUT2D eigenvalue weighted by atomic mass is 10.0. The standard InChI is InChI=1S/C44H28N4O8/c49-29-5-1-6-30(50)41(29)37-21-13-14-22(45-21)38(42-31(51)7-2-8-32(42)52)27-19-20-28-40(44-35(55)11-4-12-36(44)56)24-16-15-23(46-24)39(43-33(53)9-3-10-34(43)54)26-18-17-25(37)47(26)48(27)28/h1-20,49-56H. The third-order valence-corrected chi connectivity index (χ3v) is 10.3. The van der Waals surface area contributed by atoms with Gasteiger partial charge in [-0.15, -0.1) is 0 Å². The number of hydrogen-bond donors (Lipinski definition) is 8. The maximum absolute atomic E-state index is 11.4. The van der Waals surface area contributed by atoms with Crippen LogP contribution < -0.4 is 0 Å². The highest BCUT2D eigenvalue weighted by atomic mass is 16.3. The molecule has 6 heterocycles. The molecule has 8 aromatic rings. The molecule has 0 saturated carbocycles. The first kappa shape index (κ1) is 32.5. The summed E-state index contributed by atoms with van der Waals surface area (Å²) < 4.78 is 3.47. The summed E-state index contributed by atoms with van der Waals surface area (Å²) in [6, 6.07) is 24.4. The van der Waals surface area contributed by atoms with Gasteiger partial charge in [-0.05, 0) is 97.1 Å². The molecular weight excluding hydrogens is 713 g/mol. The second kappa shape index (κ2) is 11.7. The number of rotatable bonds is 4. The molecule has 272 valence electrons. The minimum Gasteiger partial charge on any atom is -0.507 e. The molecule has 2 aliphatic rings. The number of phenols is 8. The molecule has 0 atom stereocenters. The van der Waals surface area contributed by atoms with Crippen LogP contribution in [-0.4, -0.2) is 59.9 Å². The largest absolute Gasteiger partial charge is 0.507 e. The van der Waals surface area contributed by atoms with Gasteiger partial charge < -0.3 is 40.9 Å². The number of fused-ring (bicyclic) bond motifs is 4. The van der Waals surface area contributed by atoms with Crippen LogP contribution in [0.1, 0.15) is 22.8 Å². The van der Waals surface area contributed by atoms with E-state index in [-0.39, 0.29) is 90.5 Å². The van der Waals surface area contributed by atoms with Gasteiger partial charge in [-0.3, -0.25) is 0 Å². The van der Waals surface area contributed by atoms with Crippen LogP contribution in [0.2, 0.25) is 0 Å². The normalized spacial score (nSPS) is 12.4. The average Bonchev–Trinajstić information content (AvgIpc) is 3.99. The van der Waals surface area contributed by atoms with E-state index in [9.17, 15) is 40.9 Å². The molecule has 0 saturated heterocycles. The van der Waals surface area contributed by atoms with Gasteiger partial charge in [-0.2, -0.15) is 0 Å². The predicted octanol–water partition coefficient (Wildman–Crippen LogP) is 8.54. The van der Waals surface area contributed by atoms with Crippen LogP contribution in [0, 0.1) is 0 Å². The SMILES string of the molecule is Oc1cccc(O)c1-c1c2nc(c(-c3c(O)cccc3O)c3ccc4c(-c5c(O)cccc5O)c5nc(c(-c6c(O)cccc6O)c6ccc1n6n34)C=C5)C=C2. The quantitative estimate of drug-likeness (QED) is 0.0866. The molecule has 0 amide bonds. The van der Waals surface area contributed by atoms with Crippen molar-refractivity contribution in [3.63, 3.8) is 0 Å². The number of phenolic OH excluding ortho intramolecular Hbond substituents is 8. The smallest absolute Gasteiger partial charge is 0.127 e. The Labute approximate surface area is 315 Å². The summed E-state index contributed by atoms with van der Waals surface area (Å²) in [7, 11) is 0. The zero-order valence-corrected chi connectivity index (χ0v) is 28.9. The Hall–Kier alpha value is -8.12. The highest BCUT2D eigenvalue weighted by molar-refractivity contribution is 6.05. The van der Waals surface area contributed by atoms with Gasteiger partial charge in [0.05, 0.1) is 67.1 Å². The second-order valence-electron chi connectivity index (χ2n) is 13.4. The first-order valence-electron chi connectivity index (χ1n) is 17.4. The summed E-state index contributed by atoms with van der Waals surface area (Å²) in [5.41, 5.74) is 3.90. The van der Waals surface area contributed by atoms with E-state index < -0.39 is 0 Å².